The van der Waals surface area contributed by atoms with Crippen molar-refractivity contribution < 1.29 is 9.53 Å². The fraction of sp³-hybridized carbons (Fsp3) is 0.214. The number of methoxy groups -OCH3 is 1. The molecule has 2 aromatic heterocycles. The summed E-state index contributed by atoms with van der Waals surface area (Å²) < 4.78 is 5.03. The van der Waals surface area contributed by atoms with Gasteiger partial charge in [-0.05, 0) is 23.8 Å². The van der Waals surface area contributed by atoms with E-state index in [-0.39, 0.29) is 5.91 Å². The second kappa shape index (κ2) is 6.51. The fourth-order valence-electron chi connectivity index (χ4n) is 1.66. The number of anilines is 1. The molecule has 2 heterocycles. The van der Waals surface area contributed by atoms with Gasteiger partial charge in [-0.25, -0.2) is 4.98 Å². The average molecular weight is 272 g/mol. The summed E-state index contributed by atoms with van der Waals surface area (Å²) in [5, 5.41) is 5.77. The van der Waals surface area contributed by atoms with Gasteiger partial charge in [-0.2, -0.15) is 0 Å². The molecule has 2 N–H and O–H groups in total. The van der Waals surface area contributed by atoms with E-state index in [0.717, 1.165) is 11.3 Å². The van der Waals surface area contributed by atoms with E-state index >= 15 is 0 Å². The molecule has 0 spiro atoms. The molecule has 0 radical (unpaired) electrons. The molecule has 0 unspecified atom stereocenters. The normalized spacial score (nSPS) is 9.90. The smallest absolute Gasteiger partial charge is 0.270 e. The lowest BCUT2D eigenvalue weighted by Crippen LogP contribution is -2.23. The molecule has 0 fully saturated rings. The SMILES string of the molecule is CNc1ccnc(C(=O)NCc2ccnc(OC)c2)c1. The van der Waals surface area contributed by atoms with Gasteiger partial charge in [0.15, 0.2) is 0 Å². The first-order valence-electron chi connectivity index (χ1n) is 6.14. The third-order valence-corrected chi connectivity index (χ3v) is 2.74. The molecule has 0 aromatic carbocycles. The van der Waals surface area contributed by atoms with Gasteiger partial charge in [-0.3, -0.25) is 9.78 Å². The Morgan fingerprint density at radius 3 is 2.80 bits per heavy atom. The maximum absolute atomic E-state index is 12.0. The van der Waals surface area contributed by atoms with Gasteiger partial charge in [0, 0.05) is 37.7 Å². The molecule has 1 amide bonds. The first-order chi connectivity index (χ1) is 9.72. The number of carbonyl (C=O) groups is 1. The van der Waals surface area contributed by atoms with Crippen molar-refractivity contribution in [3.63, 3.8) is 0 Å². The Bertz CT molecular complexity index is 601. The Labute approximate surface area is 117 Å². The second-order valence-corrected chi connectivity index (χ2v) is 4.07. The van der Waals surface area contributed by atoms with Crippen molar-refractivity contribution in [2.24, 2.45) is 0 Å². The molecular weight excluding hydrogens is 256 g/mol. The summed E-state index contributed by atoms with van der Waals surface area (Å²) in [6.07, 6.45) is 3.23. The monoisotopic (exact) mass is 272 g/mol. The Balaban J connectivity index is 2.00. The second-order valence-electron chi connectivity index (χ2n) is 4.07. The quantitative estimate of drug-likeness (QED) is 0.861. The highest BCUT2D eigenvalue weighted by atomic mass is 16.5. The standard InChI is InChI=1S/C14H16N4O2/c1-15-11-4-6-16-12(8-11)14(19)18-9-10-3-5-17-13(7-10)20-2/h3-8H,9H2,1-2H3,(H,15,16)(H,18,19). The molecule has 0 atom stereocenters. The molecule has 0 aliphatic heterocycles. The van der Waals surface area contributed by atoms with Crippen molar-refractivity contribution in [2.75, 3.05) is 19.5 Å². The summed E-state index contributed by atoms with van der Waals surface area (Å²) >= 11 is 0. The summed E-state index contributed by atoms with van der Waals surface area (Å²) in [5.41, 5.74) is 2.13. The van der Waals surface area contributed by atoms with Crippen molar-refractivity contribution in [1.29, 1.82) is 0 Å². The number of aromatic nitrogens is 2. The Kier molecular flexibility index (Phi) is 4.49. The maximum Gasteiger partial charge on any atom is 0.270 e. The predicted molar refractivity (Wildman–Crippen MR) is 75.7 cm³/mol. The van der Waals surface area contributed by atoms with Crippen LogP contribution in [0.25, 0.3) is 0 Å². The highest BCUT2D eigenvalue weighted by Gasteiger charge is 2.07. The number of hydrogen-bond donors (Lipinski definition) is 2. The third kappa shape index (κ3) is 3.44. The van der Waals surface area contributed by atoms with Crippen molar-refractivity contribution in [3.05, 3.63) is 47.9 Å². The van der Waals surface area contributed by atoms with Crippen LogP contribution in [0.1, 0.15) is 16.1 Å². The van der Waals surface area contributed by atoms with Crippen molar-refractivity contribution in [2.45, 2.75) is 6.54 Å². The molecule has 2 rings (SSSR count). The van der Waals surface area contributed by atoms with Gasteiger partial charge in [0.2, 0.25) is 5.88 Å². The number of nitrogens with zero attached hydrogens (tertiary/aromatic N) is 2. The number of rotatable bonds is 5. The molecule has 2 aromatic rings. The lowest BCUT2D eigenvalue weighted by atomic mass is 10.2. The van der Waals surface area contributed by atoms with Gasteiger partial charge in [0.05, 0.1) is 7.11 Å². The molecule has 0 aliphatic carbocycles. The number of ether oxygens (including phenoxy) is 1. The third-order valence-electron chi connectivity index (χ3n) is 2.74. The van der Waals surface area contributed by atoms with Crippen LogP contribution in [0.5, 0.6) is 5.88 Å². The van der Waals surface area contributed by atoms with Crippen LogP contribution in [0, 0.1) is 0 Å². The first-order valence-corrected chi connectivity index (χ1v) is 6.14. The van der Waals surface area contributed by atoms with E-state index in [1.54, 1.807) is 44.8 Å². The summed E-state index contributed by atoms with van der Waals surface area (Å²) in [5.74, 6) is 0.296. The minimum Gasteiger partial charge on any atom is -0.481 e. The molecule has 6 heteroatoms. The van der Waals surface area contributed by atoms with Gasteiger partial charge in [0.1, 0.15) is 5.69 Å². The van der Waals surface area contributed by atoms with E-state index in [4.69, 9.17) is 4.74 Å². The molecular formula is C14H16N4O2. The number of nitrogens with one attached hydrogen (secondary N) is 2. The van der Waals surface area contributed by atoms with E-state index in [0.29, 0.717) is 18.1 Å². The Morgan fingerprint density at radius 1 is 1.25 bits per heavy atom. The molecule has 104 valence electrons. The van der Waals surface area contributed by atoms with Gasteiger partial charge >= 0.3 is 0 Å². The van der Waals surface area contributed by atoms with Crippen LogP contribution < -0.4 is 15.4 Å². The van der Waals surface area contributed by atoms with Crippen LogP contribution in [-0.4, -0.2) is 30.0 Å². The van der Waals surface area contributed by atoms with E-state index < -0.39 is 0 Å². The lowest BCUT2D eigenvalue weighted by Gasteiger charge is -2.07. The minimum atomic E-state index is -0.224. The van der Waals surface area contributed by atoms with Crippen molar-refractivity contribution in [1.82, 2.24) is 15.3 Å². The predicted octanol–water partition coefficient (Wildman–Crippen LogP) is 1.46. The molecule has 0 aliphatic rings. The lowest BCUT2D eigenvalue weighted by molar-refractivity contribution is 0.0946. The number of hydrogen-bond acceptors (Lipinski definition) is 5. The van der Waals surface area contributed by atoms with Crippen LogP contribution in [0.3, 0.4) is 0 Å². The summed E-state index contributed by atoms with van der Waals surface area (Å²) in [6, 6.07) is 7.09. The zero-order valence-corrected chi connectivity index (χ0v) is 11.4. The fourth-order valence-corrected chi connectivity index (χ4v) is 1.66. The van der Waals surface area contributed by atoms with Crippen LogP contribution >= 0.6 is 0 Å². The van der Waals surface area contributed by atoms with Crippen LogP contribution in [-0.2, 0) is 6.54 Å². The van der Waals surface area contributed by atoms with E-state index in [1.807, 2.05) is 6.07 Å². The highest BCUT2D eigenvalue weighted by molar-refractivity contribution is 5.93. The number of pyridine rings is 2. The molecule has 0 bridgehead atoms. The topological polar surface area (TPSA) is 76.1 Å². The van der Waals surface area contributed by atoms with Crippen LogP contribution in [0.4, 0.5) is 5.69 Å². The van der Waals surface area contributed by atoms with Gasteiger partial charge < -0.3 is 15.4 Å². The largest absolute Gasteiger partial charge is 0.481 e. The molecule has 20 heavy (non-hydrogen) atoms. The summed E-state index contributed by atoms with van der Waals surface area (Å²) in [4.78, 5) is 20.0. The Morgan fingerprint density at radius 2 is 2.05 bits per heavy atom. The van der Waals surface area contributed by atoms with Crippen molar-refractivity contribution in [3.8, 4) is 5.88 Å². The zero-order chi connectivity index (χ0) is 14.4. The van der Waals surface area contributed by atoms with Gasteiger partial charge in [-0.15, -0.1) is 0 Å². The van der Waals surface area contributed by atoms with Crippen LogP contribution in [0.2, 0.25) is 0 Å². The van der Waals surface area contributed by atoms with Crippen LogP contribution in [0.15, 0.2) is 36.7 Å². The maximum atomic E-state index is 12.0. The van der Waals surface area contributed by atoms with Crippen molar-refractivity contribution >= 4 is 11.6 Å². The summed E-state index contributed by atoms with van der Waals surface area (Å²) in [6.45, 7) is 0.392. The van der Waals surface area contributed by atoms with Gasteiger partial charge in [0.25, 0.3) is 5.91 Å². The van der Waals surface area contributed by atoms with E-state index in [2.05, 4.69) is 20.6 Å². The number of amides is 1. The van der Waals surface area contributed by atoms with E-state index in [1.165, 1.54) is 0 Å². The average Bonchev–Trinajstić information content (AvgIpc) is 2.52. The summed E-state index contributed by atoms with van der Waals surface area (Å²) in [7, 11) is 3.35. The minimum absolute atomic E-state index is 0.224. The Hall–Kier alpha value is -2.63. The molecule has 0 saturated heterocycles. The first kappa shape index (κ1) is 13.8. The number of carbonyl (C=O) groups excluding carboxylic acids is 1. The zero-order valence-electron chi connectivity index (χ0n) is 11.4. The van der Waals surface area contributed by atoms with E-state index in [9.17, 15) is 4.79 Å². The highest BCUT2D eigenvalue weighted by Crippen LogP contribution is 2.09. The molecule has 0 saturated carbocycles. The molecule has 6 nitrogen and oxygen atoms in total. The van der Waals surface area contributed by atoms with Gasteiger partial charge in [-0.1, -0.05) is 0 Å².